The number of phenols is 2. The smallest absolute Gasteiger partial charge is 0.166 e. The number of phenolic OH excluding ortho intramolecular Hbond substituents is 2. The van der Waals surface area contributed by atoms with Crippen LogP contribution in [-0.4, -0.2) is 32.6 Å². The number of rotatable bonds is 3. The van der Waals surface area contributed by atoms with Crippen LogP contribution in [-0.2, 0) is 5.72 Å². The number of benzene rings is 1. The van der Waals surface area contributed by atoms with Crippen LogP contribution in [0.5, 0.6) is 11.5 Å². The van der Waals surface area contributed by atoms with Crippen molar-refractivity contribution in [2.24, 2.45) is 0 Å². The molecular weight excluding hydrogens is 222 g/mol. The van der Waals surface area contributed by atoms with Crippen molar-refractivity contribution in [1.82, 2.24) is 5.32 Å². The van der Waals surface area contributed by atoms with Gasteiger partial charge in [-0.25, -0.2) is 0 Å². The van der Waals surface area contributed by atoms with Crippen molar-refractivity contribution in [3.63, 3.8) is 0 Å². The van der Waals surface area contributed by atoms with Crippen LogP contribution in [0.2, 0.25) is 0 Å². The molecule has 1 aromatic carbocycles. The fourth-order valence-corrected chi connectivity index (χ4v) is 1.66. The van der Waals surface area contributed by atoms with E-state index in [2.05, 4.69) is 5.32 Å². The van der Waals surface area contributed by atoms with Gasteiger partial charge in [-0.3, -0.25) is 5.32 Å². The minimum atomic E-state index is -1.71. The molecule has 0 bridgehead atoms. The zero-order valence-corrected chi connectivity index (χ0v) is 10.2. The Morgan fingerprint density at radius 2 is 1.53 bits per heavy atom. The number of aliphatic hydroxyl groups excluding tert-OH is 1. The second kappa shape index (κ2) is 4.52. The lowest BCUT2D eigenvalue weighted by molar-refractivity contribution is -0.0661. The maximum Gasteiger partial charge on any atom is 0.166 e. The molecule has 0 fully saturated rings. The van der Waals surface area contributed by atoms with E-state index in [1.54, 1.807) is 0 Å². The van der Waals surface area contributed by atoms with Crippen LogP contribution in [0.25, 0.3) is 0 Å². The fraction of sp³-hybridized carbons (Fsp3) is 0.500. The summed E-state index contributed by atoms with van der Waals surface area (Å²) in [5, 5.41) is 41.2. The molecule has 0 saturated carbocycles. The van der Waals surface area contributed by atoms with Gasteiger partial charge in [-0.2, -0.15) is 0 Å². The van der Waals surface area contributed by atoms with Crippen LogP contribution in [0.3, 0.4) is 0 Å². The van der Waals surface area contributed by atoms with Gasteiger partial charge >= 0.3 is 0 Å². The highest BCUT2D eigenvalue weighted by atomic mass is 16.3. The summed E-state index contributed by atoms with van der Waals surface area (Å²) in [6.45, 7) is 4.91. The van der Waals surface area contributed by atoms with Crippen molar-refractivity contribution >= 4 is 0 Å². The standard InChI is InChI=1S/C12H19NO4/c1-11(2,3)13-12(17,7-14)8-4-9(15)6-10(16)5-8/h4-6,13-17H,7H2,1-3H3. The van der Waals surface area contributed by atoms with E-state index in [-0.39, 0.29) is 17.1 Å². The summed E-state index contributed by atoms with van der Waals surface area (Å²) < 4.78 is 0. The molecule has 0 radical (unpaired) electrons. The van der Waals surface area contributed by atoms with E-state index >= 15 is 0 Å². The summed E-state index contributed by atoms with van der Waals surface area (Å²) >= 11 is 0. The van der Waals surface area contributed by atoms with Gasteiger partial charge in [0.1, 0.15) is 11.5 Å². The van der Waals surface area contributed by atoms with E-state index in [9.17, 15) is 20.4 Å². The first-order chi connectivity index (χ1) is 7.66. The van der Waals surface area contributed by atoms with Crippen molar-refractivity contribution in [1.29, 1.82) is 0 Å². The van der Waals surface area contributed by atoms with Crippen molar-refractivity contribution in [2.45, 2.75) is 32.0 Å². The molecule has 5 nitrogen and oxygen atoms in total. The first kappa shape index (κ1) is 13.8. The molecular formula is C12H19NO4. The Bertz CT molecular complexity index is 380. The second-order valence-electron chi connectivity index (χ2n) is 5.13. The van der Waals surface area contributed by atoms with Crippen molar-refractivity contribution < 1.29 is 20.4 Å². The third kappa shape index (κ3) is 3.59. The lowest BCUT2D eigenvalue weighted by Gasteiger charge is -2.35. The highest BCUT2D eigenvalue weighted by Crippen LogP contribution is 2.28. The van der Waals surface area contributed by atoms with Crippen molar-refractivity contribution in [3.05, 3.63) is 23.8 Å². The molecule has 0 amide bonds. The Balaban J connectivity index is 3.15. The first-order valence-corrected chi connectivity index (χ1v) is 5.32. The molecule has 0 aromatic heterocycles. The predicted molar refractivity (Wildman–Crippen MR) is 63.6 cm³/mol. The Hall–Kier alpha value is -1.30. The molecule has 0 spiro atoms. The van der Waals surface area contributed by atoms with E-state index < -0.39 is 17.9 Å². The summed E-state index contributed by atoms with van der Waals surface area (Å²) in [6.07, 6.45) is 0. The Morgan fingerprint density at radius 3 is 1.88 bits per heavy atom. The number of hydrogen-bond donors (Lipinski definition) is 5. The van der Waals surface area contributed by atoms with Crippen LogP contribution in [0.15, 0.2) is 18.2 Å². The lowest BCUT2D eigenvalue weighted by Crippen LogP contribution is -2.54. The van der Waals surface area contributed by atoms with E-state index in [1.165, 1.54) is 12.1 Å². The molecule has 1 atom stereocenters. The molecule has 0 heterocycles. The first-order valence-electron chi connectivity index (χ1n) is 5.32. The summed E-state index contributed by atoms with van der Waals surface area (Å²) in [6, 6.07) is 3.72. The SMILES string of the molecule is CC(C)(C)NC(O)(CO)c1cc(O)cc(O)c1. The molecule has 0 saturated heterocycles. The zero-order valence-electron chi connectivity index (χ0n) is 10.2. The molecule has 1 unspecified atom stereocenters. The zero-order chi connectivity index (χ0) is 13.3. The molecule has 1 aromatic rings. The Kier molecular flexibility index (Phi) is 3.66. The van der Waals surface area contributed by atoms with E-state index in [0.29, 0.717) is 0 Å². The second-order valence-corrected chi connectivity index (χ2v) is 5.13. The van der Waals surface area contributed by atoms with E-state index in [4.69, 9.17) is 0 Å². The monoisotopic (exact) mass is 241 g/mol. The highest BCUT2D eigenvalue weighted by molar-refractivity contribution is 5.39. The molecule has 0 aliphatic carbocycles. The maximum atomic E-state index is 10.3. The average Bonchev–Trinajstić information content (AvgIpc) is 2.13. The summed E-state index contributed by atoms with van der Waals surface area (Å²) in [5.74, 6) is -0.356. The van der Waals surface area contributed by atoms with Gasteiger partial charge < -0.3 is 20.4 Å². The number of aromatic hydroxyl groups is 2. The Morgan fingerprint density at radius 1 is 1.06 bits per heavy atom. The van der Waals surface area contributed by atoms with Gasteiger partial charge in [0.25, 0.3) is 0 Å². The lowest BCUT2D eigenvalue weighted by atomic mass is 9.98. The van der Waals surface area contributed by atoms with Crippen LogP contribution < -0.4 is 5.32 Å². The minimum absolute atomic E-state index is 0.178. The number of hydrogen-bond acceptors (Lipinski definition) is 5. The average molecular weight is 241 g/mol. The van der Waals surface area contributed by atoms with Crippen LogP contribution in [0, 0.1) is 0 Å². The number of nitrogens with one attached hydrogen (secondary N) is 1. The van der Waals surface area contributed by atoms with Gasteiger partial charge in [-0.15, -0.1) is 0 Å². The normalized spacial score (nSPS) is 15.6. The third-order valence-electron chi connectivity index (χ3n) is 2.19. The molecule has 1 rings (SSSR count). The van der Waals surface area contributed by atoms with Crippen molar-refractivity contribution in [3.8, 4) is 11.5 Å². The van der Waals surface area contributed by atoms with Gasteiger partial charge in [0, 0.05) is 17.2 Å². The van der Waals surface area contributed by atoms with Crippen LogP contribution in [0.1, 0.15) is 26.3 Å². The third-order valence-corrected chi connectivity index (χ3v) is 2.19. The highest BCUT2D eigenvalue weighted by Gasteiger charge is 2.33. The largest absolute Gasteiger partial charge is 0.508 e. The van der Waals surface area contributed by atoms with Crippen molar-refractivity contribution in [2.75, 3.05) is 6.61 Å². The topological polar surface area (TPSA) is 93.0 Å². The van der Waals surface area contributed by atoms with Crippen LogP contribution in [0.4, 0.5) is 0 Å². The van der Waals surface area contributed by atoms with Gasteiger partial charge in [0.15, 0.2) is 5.72 Å². The molecule has 17 heavy (non-hydrogen) atoms. The number of aliphatic hydroxyl groups is 2. The Labute approximate surface area is 100 Å². The van der Waals surface area contributed by atoms with Gasteiger partial charge in [-0.1, -0.05) is 0 Å². The fourth-order valence-electron chi connectivity index (χ4n) is 1.66. The van der Waals surface area contributed by atoms with E-state index in [1.807, 2.05) is 20.8 Å². The van der Waals surface area contributed by atoms with Crippen LogP contribution >= 0.6 is 0 Å². The maximum absolute atomic E-state index is 10.3. The molecule has 5 heteroatoms. The van der Waals surface area contributed by atoms with Gasteiger partial charge in [-0.05, 0) is 32.9 Å². The molecule has 5 N–H and O–H groups in total. The summed E-state index contributed by atoms with van der Waals surface area (Å²) in [5.41, 5.74) is -1.96. The summed E-state index contributed by atoms with van der Waals surface area (Å²) in [7, 11) is 0. The quantitative estimate of drug-likeness (QED) is 0.500. The van der Waals surface area contributed by atoms with E-state index in [0.717, 1.165) is 6.07 Å². The minimum Gasteiger partial charge on any atom is -0.508 e. The predicted octanol–water partition coefficient (Wildman–Crippen LogP) is 0.623. The molecule has 96 valence electrons. The summed E-state index contributed by atoms with van der Waals surface area (Å²) in [4.78, 5) is 0. The van der Waals surface area contributed by atoms with Gasteiger partial charge in [0.05, 0.1) is 6.61 Å². The molecule has 0 aliphatic heterocycles. The van der Waals surface area contributed by atoms with Gasteiger partial charge in [0.2, 0.25) is 0 Å². The molecule has 0 aliphatic rings.